The van der Waals surface area contributed by atoms with Crippen LogP contribution in [0.15, 0.2) is 52.9 Å². The van der Waals surface area contributed by atoms with Gasteiger partial charge in [-0.3, -0.25) is 0 Å². The first-order valence-electron chi connectivity index (χ1n) is 6.35. The number of nitrogens with zero attached hydrogens (tertiary/aromatic N) is 1. The first kappa shape index (κ1) is 13.5. The fourth-order valence-corrected chi connectivity index (χ4v) is 2.08. The highest BCUT2D eigenvalue weighted by molar-refractivity contribution is 6.30. The second-order valence-corrected chi connectivity index (χ2v) is 4.83. The molecule has 0 unspecified atom stereocenters. The van der Waals surface area contributed by atoms with Gasteiger partial charge in [-0.15, -0.1) is 0 Å². The number of para-hydroxylation sites is 2. The highest BCUT2D eigenvalue weighted by atomic mass is 35.5. The van der Waals surface area contributed by atoms with E-state index in [1.165, 1.54) is 0 Å². The Balaban J connectivity index is 1.60. The highest BCUT2D eigenvalue weighted by Gasteiger charge is 2.07. The maximum absolute atomic E-state index is 11.8. The third kappa shape index (κ3) is 3.32. The molecule has 5 nitrogen and oxygen atoms in total. The number of nitrogens with one attached hydrogen (secondary N) is 2. The van der Waals surface area contributed by atoms with Crippen LogP contribution in [-0.2, 0) is 6.54 Å². The molecule has 3 rings (SSSR count). The molecule has 0 aliphatic rings. The van der Waals surface area contributed by atoms with E-state index in [0.29, 0.717) is 22.2 Å². The number of carbonyl (C=O) groups excluding carboxylic acids is 1. The molecule has 21 heavy (non-hydrogen) atoms. The van der Waals surface area contributed by atoms with Crippen LogP contribution in [0.4, 0.5) is 10.5 Å². The van der Waals surface area contributed by atoms with Crippen molar-refractivity contribution in [3.05, 3.63) is 59.4 Å². The zero-order chi connectivity index (χ0) is 14.7. The zero-order valence-electron chi connectivity index (χ0n) is 11.0. The molecule has 0 aliphatic carbocycles. The summed E-state index contributed by atoms with van der Waals surface area (Å²) < 4.78 is 5.51. The van der Waals surface area contributed by atoms with Crippen LogP contribution in [0.1, 0.15) is 5.89 Å². The second-order valence-electron chi connectivity index (χ2n) is 4.39. The molecule has 2 aromatic carbocycles. The molecule has 0 aliphatic heterocycles. The quantitative estimate of drug-likeness (QED) is 0.773. The van der Waals surface area contributed by atoms with E-state index in [1.807, 2.05) is 24.3 Å². The van der Waals surface area contributed by atoms with Crippen molar-refractivity contribution in [2.75, 3.05) is 5.32 Å². The molecule has 6 heteroatoms. The van der Waals surface area contributed by atoms with Crippen LogP contribution in [0.2, 0.25) is 5.02 Å². The van der Waals surface area contributed by atoms with E-state index in [9.17, 15) is 4.79 Å². The summed E-state index contributed by atoms with van der Waals surface area (Å²) in [6.45, 7) is 0.209. The Morgan fingerprint density at radius 1 is 1.19 bits per heavy atom. The Kier molecular flexibility index (Phi) is 3.75. The summed E-state index contributed by atoms with van der Waals surface area (Å²) in [7, 11) is 0. The zero-order valence-corrected chi connectivity index (χ0v) is 11.7. The van der Waals surface area contributed by atoms with Crippen molar-refractivity contribution in [2.24, 2.45) is 0 Å². The van der Waals surface area contributed by atoms with Gasteiger partial charge in [-0.25, -0.2) is 9.78 Å². The number of hydrogen-bond acceptors (Lipinski definition) is 3. The number of aromatic nitrogens is 1. The van der Waals surface area contributed by atoms with Crippen LogP contribution in [-0.4, -0.2) is 11.0 Å². The molecule has 0 saturated heterocycles. The van der Waals surface area contributed by atoms with Crippen LogP contribution in [0.5, 0.6) is 0 Å². The van der Waals surface area contributed by atoms with Crippen molar-refractivity contribution in [2.45, 2.75) is 6.54 Å². The van der Waals surface area contributed by atoms with Gasteiger partial charge >= 0.3 is 6.03 Å². The minimum atomic E-state index is -0.348. The molecule has 1 aromatic heterocycles. The van der Waals surface area contributed by atoms with Crippen LogP contribution in [0.25, 0.3) is 11.1 Å². The second kappa shape index (κ2) is 5.85. The Bertz CT molecular complexity index is 752. The van der Waals surface area contributed by atoms with Crippen molar-refractivity contribution < 1.29 is 9.21 Å². The average molecular weight is 302 g/mol. The molecule has 0 atom stereocenters. The summed E-state index contributed by atoms with van der Waals surface area (Å²) >= 11 is 5.85. The molecule has 2 N–H and O–H groups in total. The van der Waals surface area contributed by atoms with Crippen molar-refractivity contribution in [1.29, 1.82) is 0 Å². The number of hydrogen-bond donors (Lipinski definition) is 2. The van der Waals surface area contributed by atoms with E-state index in [2.05, 4.69) is 15.6 Å². The van der Waals surface area contributed by atoms with Gasteiger partial charge in [0.25, 0.3) is 0 Å². The maximum Gasteiger partial charge on any atom is 0.319 e. The van der Waals surface area contributed by atoms with Crippen molar-refractivity contribution in [3.8, 4) is 0 Å². The number of urea groups is 1. The van der Waals surface area contributed by atoms with Gasteiger partial charge in [0.15, 0.2) is 5.58 Å². The Morgan fingerprint density at radius 3 is 2.86 bits per heavy atom. The number of oxazole rings is 1. The maximum atomic E-state index is 11.8. The van der Waals surface area contributed by atoms with Gasteiger partial charge in [0, 0.05) is 10.7 Å². The Morgan fingerprint density at radius 2 is 2.05 bits per heavy atom. The monoisotopic (exact) mass is 301 g/mol. The lowest BCUT2D eigenvalue weighted by molar-refractivity contribution is 0.250. The third-order valence-corrected chi connectivity index (χ3v) is 3.06. The van der Waals surface area contributed by atoms with E-state index in [4.69, 9.17) is 16.0 Å². The van der Waals surface area contributed by atoms with Crippen molar-refractivity contribution in [1.82, 2.24) is 10.3 Å². The van der Waals surface area contributed by atoms with Gasteiger partial charge in [0.1, 0.15) is 5.52 Å². The largest absolute Gasteiger partial charge is 0.439 e. The summed E-state index contributed by atoms with van der Waals surface area (Å²) in [5.41, 5.74) is 2.09. The Labute approximate surface area is 125 Å². The molecule has 106 valence electrons. The molecule has 0 radical (unpaired) electrons. The van der Waals surface area contributed by atoms with Crippen LogP contribution < -0.4 is 10.6 Å². The minimum Gasteiger partial charge on any atom is -0.439 e. The molecule has 0 bridgehead atoms. The van der Waals surface area contributed by atoms with Gasteiger partial charge < -0.3 is 15.1 Å². The predicted octanol–water partition coefficient (Wildman–Crippen LogP) is 3.80. The van der Waals surface area contributed by atoms with Gasteiger partial charge in [-0.05, 0) is 30.3 Å². The van der Waals surface area contributed by atoms with Crippen LogP contribution in [0, 0.1) is 0 Å². The standard InChI is InChI=1S/C15H12ClN3O2/c16-10-4-3-5-11(8-10)18-15(20)17-9-14-19-12-6-1-2-7-13(12)21-14/h1-8H,9H2,(H2,17,18,20). The van der Waals surface area contributed by atoms with Gasteiger partial charge in [0.05, 0.1) is 6.54 Å². The van der Waals surface area contributed by atoms with Gasteiger partial charge in [-0.1, -0.05) is 29.8 Å². The normalized spacial score (nSPS) is 10.5. The van der Waals surface area contributed by atoms with E-state index in [0.717, 1.165) is 5.52 Å². The van der Waals surface area contributed by atoms with Gasteiger partial charge in [0.2, 0.25) is 5.89 Å². The lowest BCUT2D eigenvalue weighted by Crippen LogP contribution is -2.28. The van der Waals surface area contributed by atoms with E-state index in [1.54, 1.807) is 24.3 Å². The van der Waals surface area contributed by atoms with E-state index < -0.39 is 0 Å². The lowest BCUT2D eigenvalue weighted by atomic mass is 10.3. The molecular formula is C15H12ClN3O2. The highest BCUT2D eigenvalue weighted by Crippen LogP contribution is 2.15. The summed E-state index contributed by atoms with van der Waals surface area (Å²) in [6, 6.07) is 14.0. The molecule has 0 fully saturated rings. The first-order valence-corrected chi connectivity index (χ1v) is 6.73. The SMILES string of the molecule is O=C(NCc1nc2ccccc2o1)Nc1cccc(Cl)c1. The van der Waals surface area contributed by atoms with Crippen LogP contribution in [0.3, 0.4) is 0 Å². The number of carbonyl (C=O) groups is 1. The Hall–Kier alpha value is -2.53. The first-order chi connectivity index (χ1) is 10.2. The number of rotatable bonds is 3. The van der Waals surface area contributed by atoms with E-state index in [-0.39, 0.29) is 12.6 Å². The number of halogens is 1. The van der Waals surface area contributed by atoms with Gasteiger partial charge in [-0.2, -0.15) is 0 Å². The minimum absolute atomic E-state index is 0.209. The molecule has 0 spiro atoms. The molecular weight excluding hydrogens is 290 g/mol. The number of fused-ring (bicyclic) bond motifs is 1. The van der Waals surface area contributed by atoms with Crippen molar-refractivity contribution >= 4 is 34.4 Å². The fourth-order valence-electron chi connectivity index (χ4n) is 1.89. The predicted molar refractivity (Wildman–Crippen MR) is 81.3 cm³/mol. The lowest BCUT2D eigenvalue weighted by Gasteiger charge is -2.06. The molecule has 0 saturated carbocycles. The number of anilines is 1. The van der Waals surface area contributed by atoms with Crippen LogP contribution >= 0.6 is 11.6 Å². The van der Waals surface area contributed by atoms with E-state index >= 15 is 0 Å². The molecule has 2 amide bonds. The molecule has 3 aromatic rings. The number of amides is 2. The summed E-state index contributed by atoms with van der Waals surface area (Å²) in [5, 5.41) is 5.92. The average Bonchev–Trinajstić information content (AvgIpc) is 2.88. The summed E-state index contributed by atoms with van der Waals surface area (Å²) in [6.07, 6.45) is 0. The third-order valence-electron chi connectivity index (χ3n) is 2.82. The summed E-state index contributed by atoms with van der Waals surface area (Å²) in [4.78, 5) is 16.1. The smallest absolute Gasteiger partial charge is 0.319 e. The fraction of sp³-hybridized carbons (Fsp3) is 0.0667. The topological polar surface area (TPSA) is 67.2 Å². The molecule has 1 heterocycles. The summed E-state index contributed by atoms with van der Waals surface area (Å²) in [5.74, 6) is 0.456. The number of benzene rings is 2. The van der Waals surface area contributed by atoms with Crippen molar-refractivity contribution in [3.63, 3.8) is 0 Å².